The van der Waals surface area contributed by atoms with Crippen LogP contribution in [0.3, 0.4) is 0 Å². The molecule has 1 aliphatic heterocycles. The summed E-state index contributed by atoms with van der Waals surface area (Å²) >= 11 is 0. The quantitative estimate of drug-likeness (QED) is 0.206. The highest BCUT2D eigenvalue weighted by Crippen LogP contribution is 2.38. The van der Waals surface area contributed by atoms with Crippen molar-refractivity contribution < 1.29 is 24.1 Å². The van der Waals surface area contributed by atoms with E-state index in [1.165, 1.54) is 12.1 Å². The maximum Gasteiger partial charge on any atom is 0.273 e. The Bertz CT molecular complexity index is 1280. The molecule has 1 aliphatic carbocycles. The smallest absolute Gasteiger partial charge is 0.273 e. The Hall–Kier alpha value is -4.14. The lowest BCUT2D eigenvalue weighted by molar-refractivity contribution is -0.384. The van der Waals surface area contributed by atoms with Crippen molar-refractivity contribution in [3.05, 3.63) is 86.5 Å². The SMILES string of the molecule is CC1=CC[C@@H]2C(=O)N(N(CC(=O)c3ccc(C)c(C)c3)C(=O)c3ccc([N+](=O)[O-])cc3)C(=O)[C@H]2C1. The van der Waals surface area contributed by atoms with E-state index < -0.39 is 46.8 Å². The zero-order valence-electron chi connectivity index (χ0n) is 19.7. The minimum Gasteiger partial charge on any atom is -0.292 e. The highest BCUT2D eigenvalue weighted by atomic mass is 16.6. The molecule has 0 N–H and O–H groups in total. The molecule has 0 spiro atoms. The molecule has 0 radical (unpaired) electrons. The number of fused-ring (bicyclic) bond motifs is 1. The van der Waals surface area contributed by atoms with Crippen LogP contribution in [-0.2, 0) is 9.59 Å². The predicted molar refractivity (Wildman–Crippen MR) is 126 cm³/mol. The van der Waals surface area contributed by atoms with Crippen LogP contribution in [0.1, 0.15) is 51.6 Å². The van der Waals surface area contributed by atoms with Gasteiger partial charge in [-0.2, -0.15) is 5.01 Å². The normalized spacial score (nSPS) is 19.3. The third-order valence-corrected chi connectivity index (χ3v) is 6.72. The van der Waals surface area contributed by atoms with E-state index in [0.717, 1.165) is 38.9 Å². The Morgan fingerprint density at radius 3 is 2.23 bits per heavy atom. The molecule has 0 aromatic heterocycles. The van der Waals surface area contributed by atoms with Crippen molar-refractivity contribution in [2.75, 3.05) is 6.54 Å². The highest BCUT2D eigenvalue weighted by molar-refractivity contribution is 6.09. The van der Waals surface area contributed by atoms with Crippen LogP contribution in [0.25, 0.3) is 0 Å². The Morgan fingerprint density at radius 2 is 1.60 bits per heavy atom. The first-order valence-corrected chi connectivity index (χ1v) is 11.3. The van der Waals surface area contributed by atoms with Crippen LogP contribution in [0.4, 0.5) is 5.69 Å². The summed E-state index contributed by atoms with van der Waals surface area (Å²) in [5.41, 5.74) is 3.05. The van der Waals surface area contributed by atoms with Crippen LogP contribution in [-0.4, -0.2) is 45.0 Å². The Kier molecular flexibility index (Phi) is 6.34. The van der Waals surface area contributed by atoms with Gasteiger partial charge in [-0.25, -0.2) is 5.01 Å². The number of imide groups is 1. The number of nitro benzene ring substituents is 1. The molecule has 9 nitrogen and oxygen atoms in total. The second-order valence-electron chi connectivity index (χ2n) is 9.08. The summed E-state index contributed by atoms with van der Waals surface area (Å²) < 4.78 is 0. The van der Waals surface area contributed by atoms with Crippen LogP contribution >= 0.6 is 0 Å². The Balaban J connectivity index is 1.70. The van der Waals surface area contributed by atoms with E-state index in [0.29, 0.717) is 18.4 Å². The van der Waals surface area contributed by atoms with E-state index in [2.05, 4.69) is 0 Å². The highest BCUT2D eigenvalue weighted by Gasteiger charge is 2.51. The molecule has 0 unspecified atom stereocenters. The topological polar surface area (TPSA) is 118 Å². The number of nitro groups is 1. The average Bonchev–Trinajstić information content (AvgIpc) is 3.07. The lowest BCUT2D eigenvalue weighted by Crippen LogP contribution is -2.52. The third-order valence-electron chi connectivity index (χ3n) is 6.72. The fourth-order valence-electron chi connectivity index (χ4n) is 4.51. The largest absolute Gasteiger partial charge is 0.292 e. The second kappa shape index (κ2) is 9.25. The maximum atomic E-state index is 13.5. The van der Waals surface area contributed by atoms with Gasteiger partial charge in [-0.3, -0.25) is 29.3 Å². The number of hydrogen-bond acceptors (Lipinski definition) is 6. The Morgan fingerprint density at radius 1 is 0.971 bits per heavy atom. The molecule has 1 fully saturated rings. The molecule has 35 heavy (non-hydrogen) atoms. The number of amides is 3. The number of ketones is 1. The number of carbonyl (C=O) groups is 4. The molecule has 2 atom stereocenters. The van der Waals surface area contributed by atoms with Gasteiger partial charge in [0.1, 0.15) is 6.54 Å². The summed E-state index contributed by atoms with van der Waals surface area (Å²) in [7, 11) is 0. The minimum atomic E-state index is -0.762. The lowest BCUT2D eigenvalue weighted by atomic mass is 9.82. The monoisotopic (exact) mass is 475 g/mol. The molecule has 2 aromatic rings. The minimum absolute atomic E-state index is 0.0215. The number of aryl methyl sites for hydroxylation is 2. The maximum absolute atomic E-state index is 13.5. The predicted octanol–water partition coefficient (Wildman–Crippen LogP) is 3.79. The standard InChI is InChI=1S/C26H25N3O6/c1-15-4-11-21-22(12-15)26(33)28(25(21)32)27(14-23(30)19-6-5-16(2)17(3)13-19)24(31)18-7-9-20(10-8-18)29(34)35/h4-10,13,21-22H,11-12,14H2,1-3H3/t21-,22-/m0/s1. The summed E-state index contributed by atoms with van der Waals surface area (Å²) in [5, 5.41) is 12.7. The summed E-state index contributed by atoms with van der Waals surface area (Å²) in [4.78, 5) is 63.7. The molecule has 9 heteroatoms. The number of rotatable bonds is 6. The van der Waals surface area contributed by atoms with Gasteiger partial charge in [-0.1, -0.05) is 23.8 Å². The van der Waals surface area contributed by atoms with E-state index >= 15 is 0 Å². The van der Waals surface area contributed by atoms with Gasteiger partial charge in [0, 0.05) is 23.3 Å². The van der Waals surface area contributed by atoms with E-state index in [9.17, 15) is 29.3 Å². The van der Waals surface area contributed by atoms with Gasteiger partial charge in [-0.15, -0.1) is 0 Å². The number of hydrazine groups is 1. The van der Waals surface area contributed by atoms with Crippen LogP contribution in [0.15, 0.2) is 54.1 Å². The molecular formula is C26H25N3O6. The van der Waals surface area contributed by atoms with Gasteiger partial charge in [0.2, 0.25) is 0 Å². The average molecular weight is 476 g/mol. The van der Waals surface area contributed by atoms with Crippen molar-refractivity contribution in [1.82, 2.24) is 10.0 Å². The summed E-state index contributed by atoms with van der Waals surface area (Å²) in [6.07, 6.45) is 2.72. The first kappa shape index (κ1) is 24.0. The van der Waals surface area contributed by atoms with Crippen molar-refractivity contribution in [2.45, 2.75) is 33.6 Å². The van der Waals surface area contributed by atoms with Crippen molar-refractivity contribution in [2.24, 2.45) is 11.8 Å². The van der Waals surface area contributed by atoms with E-state index in [1.807, 2.05) is 26.8 Å². The first-order chi connectivity index (χ1) is 16.6. The number of Topliss-reactive ketones (excluding diaryl/α,β-unsaturated/α-hetero) is 1. The fourth-order valence-corrected chi connectivity index (χ4v) is 4.51. The molecule has 1 heterocycles. The summed E-state index contributed by atoms with van der Waals surface area (Å²) in [6, 6.07) is 9.96. The van der Waals surface area contributed by atoms with Gasteiger partial charge in [0.15, 0.2) is 5.78 Å². The fraction of sp³-hybridized carbons (Fsp3) is 0.308. The Labute approximate surface area is 202 Å². The van der Waals surface area contributed by atoms with Crippen LogP contribution < -0.4 is 0 Å². The van der Waals surface area contributed by atoms with Gasteiger partial charge in [0.25, 0.3) is 23.4 Å². The van der Waals surface area contributed by atoms with Crippen molar-refractivity contribution in [3.63, 3.8) is 0 Å². The van der Waals surface area contributed by atoms with E-state index in [-0.39, 0.29) is 11.3 Å². The van der Waals surface area contributed by atoms with Crippen LogP contribution in [0.2, 0.25) is 0 Å². The molecule has 0 saturated carbocycles. The molecule has 2 aromatic carbocycles. The summed E-state index contributed by atoms with van der Waals surface area (Å²) in [6.45, 7) is 5.13. The first-order valence-electron chi connectivity index (χ1n) is 11.3. The van der Waals surface area contributed by atoms with Crippen molar-refractivity contribution in [1.29, 1.82) is 0 Å². The van der Waals surface area contributed by atoms with Crippen molar-refractivity contribution in [3.8, 4) is 0 Å². The van der Waals surface area contributed by atoms with E-state index in [4.69, 9.17) is 0 Å². The van der Waals surface area contributed by atoms with Crippen molar-refractivity contribution >= 4 is 29.2 Å². The number of hydrogen-bond donors (Lipinski definition) is 0. The lowest BCUT2D eigenvalue weighted by Gasteiger charge is -2.30. The third kappa shape index (κ3) is 4.49. The van der Waals surface area contributed by atoms with E-state index in [1.54, 1.807) is 18.2 Å². The number of nitrogens with zero attached hydrogens (tertiary/aromatic N) is 3. The molecule has 3 amide bonds. The van der Waals surface area contributed by atoms with Crippen LogP contribution in [0, 0.1) is 35.8 Å². The second-order valence-corrected chi connectivity index (χ2v) is 9.08. The number of carbonyl (C=O) groups excluding carboxylic acids is 4. The van der Waals surface area contributed by atoms with Gasteiger partial charge >= 0.3 is 0 Å². The number of allylic oxidation sites excluding steroid dienone is 2. The molecule has 4 rings (SSSR count). The summed E-state index contributed by atoms with van der Waals surface area (Å²) in [5.74, 6) is -3.41. The molecule has 2 aliphatic rings. The number of benzene rings is 2. The van der Waals surface area contributed by atoms with Crippen LogP contribution in [0.5, 0.6) is 0 Å². The molecule has 180 valence electrons. The molecule has 0 bridgehead atoms. The zero-order valence-corrected chi connectivity index (χ0v) is 19.7. The number of non-ortho nitro benzene ring substituents is 1. The van der Waals surface area contributed by atoms with Gasteiger partial charge < -0.3 is 0 Å². The van der Waals surface area contributed by atoms with Gasteiger partial charge in [0.05, 0.1) is 16.8 Å². The zero-order chi connectivity index (χ0) is 25.4. The molecule has 1 saturated heterocycles. The van der Waals surface area contributed by atoms with Gasteiger partial charge in [-0.05, 0) is 62.9 Å². The molecular weight excluding hydrogens is 450 g/mol.